The first-order valence-corrected chi connectivity index (χ1v) is 6.46. The lowest BCUT2D eigenvalue weighted by Crippen LogP contribution is -2.45. The fraction of sp³-hybridized carbons (Fsp3) is 0.923. The van der Waals surface area contributed by atoms with Gasteiger partial charge in [-0.25, -0.2) is 0 Å². The molecule has 17 heavy (non-hydrogen) atoms. The number of nitrogens with two attached hydrogens (primary N) is 1. The summed E-state index contributed by atoms with van der Waals surface area (Å²) in [6.07, 6.45) is 2.89. The maximum Gasteiger partial charge on any atom is 0.313 e. The van der Waals surface area contributed by atoms with Gasteiger partial charge in [0.2, 0.25) is 0 Å². The van der Waals surface area contributed by atoms with E-state index < -0.39 is 0 Å². The lowest BCUT2D eigenvalue weighted by Gasteiger charge is -2.31. The highest BCUT2D eigenvalue weighted by atomic mass is 16.5. The highest BCUT2D eigenvalue weighted by molar-refractivity contribution is 5.75. The van der Waals surface area contributed by atoms with Gasteiger partial charge in [0.15, 0.2) is 0 Å². The first-order valence-electron chi connectivity index (χ1n) is 6.46. The molecule has 1 aliphatic heterocycles. The van der Waals surface area contributed by atoms with Crippen LogP contribution in [0.4, 0.5) is 0 Å². The summed E-state index contributed by atoms with van der Waals surface area (Å²) in [5.74, 6) is -0.473. The van der Waals surface area contributed by atoms with Crippen LogP contribution in [-0.2, 0) is 14.3 Å². The monoisotopic (exact) mass is 241 g/mol. The largest absolute Gasteiger partial charge is 0.466 e. The van der Waals surface area contributed by atoms with Crippen molar-refractivity contribution < 1.29 is 14.3 Å². The zero-order chi connectivity index (χ0) is 12.7. The zero-order valence-electron chi connectivity index (χ0n) is 11.0. The summed E-state index contributed by atoms with van der Waals surface area (Å²) in [7, 11) is 0. The minimum Gasteiger partial charge on any atom is -0.466 e. The molecule has 1 saturated heterocycles. The summed E-state index contributed by atoms with van der Waals surface area (Å²) >= 11 is 0. The van der Waals surface area contributed by atoms with E-state index in [-0.39, 0.29) is 28.9 Å². The highest BCUT2D eigenvalue weighted by Crippen LogP contribution is 2.52. The number of esters is 1. The molecule has 3 unspecified atom stereocenters. The van der Waals surface area contributed by atoms with Gasteiger partial charge >= 0.3 is 5.97 Å². The van der Waals surface area contributed by atoms with E-state index in [4.69, 9.17) is 15.2 Å². The van der Waals surface area contributed by atoms with E-state index in [1.807, 2.05) is 6.92 Å². The minimum atomic E-state index is -0.366. The lowest BCUT2D eigenvalue weighted by atomic mass is 9.80. The second-order valence-corrected chi connectivity index (χ2v) is 6.11. The van der Waals surface area contributed by atoms with Crippen molar-refractivity contribution in [3.05, 3.63) is 0 Å². The smallest absolute Gasteiger partial charge is 0.313 e. The zero-order valence-corrected chi connectivity index (χ0v) is 11.0. The van der Waals surface area contributed by atoms with Gasteiger partial charge in [0, 0.05) is 6.04 Å². The SMILES string of the molecule is CCOC(=O)C1C(N)COC12CCC(C)(C)C2. The summed E-state index contributed by atoms with van der Waals surface area (Å²) in [4.78, 5) is 12.0. The molecule has 0 aromatic heterocycles. The van der Waals surface area contributed by atoms with Crippen LogP contribution >= 0.6 is 0 Å². The Morgan fingerprint density at radius 3 is 2.71 bits per heavy atom. The lowest BCUT2D eigenvalue weighted by molar-refractivity contribution is -0.155. The maximum atomic E-state index is 12.0. The van der Waals surface area contributed by atoms with Gasteiger partial charge < -0.3 is 15.2 Å². The Morgan fingerprint density at radius 1 is 1.47 bits per heavy atom. The molecular formula is C13H23NO3. The number of rotatable bonds is 2. The summed E-state index contributed by atoms with van der Waals surface area (Å²) in [6, 6.07) is -0.219. The van der Waals surface area contributed by atoms with Crippen molar-refractivity contribution in [3.63, 3.8) is 0 Å². The van der Waals surface area contributed by atoms with Crippen LogP contribution in [0.3, 0.4) is 0 Å². The van der Waals surface area contributed by atoms with Crippen molar-refractivity contribution in [1.29, 1.82) is 0 Å². The van der Waals surface area contributed by atoms with E-state index >= 15 is 0 Å². The summed E-state index contributed by atoms with van der Waals surface area (Å²) in [5, 5.41) is 0. The first kappa shape index (κ1) is 12.8. The minimum absolute atomic E-state index is 0.185. The molecule has 4 heteroatoms. The number of carbonyl (C=O) groups excluding carboxylic acids is 1. The number of carbonyl (C=O) groups is 1. The van der Waals surface area contributed by atoms with Crippen molar-refractivity contribution >= 4 is 5.97 Å². The van der Waals surface area contributed by atoms with Crippen LogP contribution in [0, 0.1) is 11.3 Å². The quantitative estimate of drug-likeness (QED) is 0.744. The standard InChI is InChI=1S/C13H23NO3/c1-4-16-11(15)10-9(14)7-17-13(10)6-5-12(2,3)8-13/h9-10H,4-8,14H2,1-3H3. The Bertz CT molecular complexity index is 316. The van der Waals surface area contributed by atoms with Gasteiger partial charge in [0.1, 0.15) is 5.92 Å². The van der Waals surface area contributed by atoms with Crippen LogP contribution in [0.15, 0.2) is 0 Å². The van der Waals surface area contributed by atoms with Crippen LogP contribution in [-0.4, -0.2) is 30.8 Å². The second kappa shape index (κ2) is 4.25. The number of hydrogen-bond acceptors (Lipinski definition) is 4. The Labute approximate surface area is 103 Å². The van der Waals surface area contributed by atoms with Crippen molar-refractivity contribution in [2.24, 2.45) is 17.1 Å². The molecule has 0 aromatic carbocycles. The predicted molar refractivity (Wildman–Crippen MR) is 64.4 cm³/mol. The maximum absolute atomic E-state index is 12.0. The number of hydrogen-bond donors (Lipinski definition) is 1. The van der Waals surface area contributed by atoms with Crippen molar-refractivity contribution in [1.82, 2.24) is 0 Å². The molecule has 0 amide bonds. The summed E-state index contributed by atoms with van der Waals surface area (Å²) < 4.78 is 11.1. The van der Waals surface area contributed by atoms with Crippen LogP contribution in [0.5, 0.6) is 0 Å². The van der Waals surface area contributed by atoms with E-state index in [9.17, 15) is 4.79 Å². The molecule has 4 nitrogen and oxygen atoms in total. The Morgan fingerprint density at radius 2 is 2.18 bits per heavy atom. The molecule has 2 aliphatic rings. The molecule has 0 bridgehead atoms. The molecule has 98 valence electrons. The van der Waals surface area contributed by atoms with Crippen molar-refractivity contribution in [3.8, 4) is 0 Å². The van der Waals surface area contributed by atoms with Crippen LogP contribution < -0.4 is 5.73 Å². The van der Waals surface area contributed by atoms with E-state index in [0.29, 0.717) is 13.2 Å². The van der Waals surface area contributed by atoms with Crippen molar-refractivity contribution in [2.45, 2.75) is 51.7 Å². The molecule has 1 saturated carbocycles. The molecule has 1 heterocycles. The van der Waals surface area contributed by atoms with E-state index in [1.54, 1.807) is 0 Å². The Hall–Kier alpha value is -0.610. The highest BCUT2D eigenvalue weighted by Gasteiger charge is 2.58. The van der Waals surface area contributed by atoms with Gasteiger partial charge in [0.05, 0.1) is 18.8 Å². The summed E-state index contributed by atoms with van der Waals surface area (Å²) in [6.45, 7) is 7.14. The molecule has 0 aromatic rings. The van der Waals surface area contributed by atoms with E-state index in [2.05, 4.69) is 13.8 Å². The fourth-order valence-electron chi connectivity index (χ4n) is 3.39. The third kappa shape index (κ3) is 2.20. The third-order valence-corrected chi connectivity index (χ3v) is 4.10. The van der Waals surface area contributed by atoms with E-state index in [1.165, 1.54) is 0 Å². The number of ether oxygens (including phenoxy) is 2. The molecule has 2 fully saturated rings. The molecule has 1 spiro atoms. The van der Waals surface area contributed by atoms with Crippen molar-refractivity contribution in [2.75, 3.05) is 13.2 Å². The second-order valence-electron chi connectivity index (χ2n) is 6.11. The van der Waals surface area contributed by atoms with Gasteiger partial charge in [0.25, 0.3) is 0 Å². The van der Waals surface area contributed by atoms with Crippen LogP contribution in [0.25, 0.3) is 0 Å². The Balaban J connectivity index is 2.19. The molecule has 0 radical (unpaired) electrons. The third-order valence-electron chi connectivity index (χ3n) is 4.10. The molecule has 2 rings (SSSR count). The molecule has 3 atom stereocenters. The fourth-order valence-corrected chi connectivity index (χ4v) is 3.39. The molecule has 1 aliphatic carbocycles. The van der Waals surface area contributed by atoms with Crippen LogP contribution in [0.2, 0.25) is 0 Å². The summed E-state index contributed by atoms with van der Waals surface area (Å²) in [5.41, 5.74) is 5.89. The predicted octanol–water partition coefficient (Wildman–Crippen LogP) is 1.47. The average molecular weight is 241 g/mol. The molecule has 2 N–H and O–H groups in total. The van der Waals surface area contributed by atoms with Gasteiger partial charge in [-0.2, -0.15) is 0 Å². The van der Waals surface area contributed by atoms with E-state index in [0.717, 1.165) is 19.3 Å². The van der Waals surface area contributed by atoms with Gasteiger partial charge in [-0.1, -0.05) is 13.8 Å². The average Bonchev–Trinajstić information content (AvgIpc) is 2.69. The first-order chi connectivity index (χ1) is 7.90. The topological polar surface area (TPSA) is 61.5 Å². The Kier molecular flexibility index (Phi) is 3.21. The molecular weight excluding hydrogens is 218 g/mol. The van der Waals surface area contributed by atoms with Gasteiger partial charge in [-0.3, -0.25) is 4.79 Å². The normalized spacial score (nSPS) is 39.8. The van der Waals surface area contributed by atoms with Gasteiger partial charge in [-0.15, -0.1) is 0 Å². The van der Waals surface area contributed by atoms with Gasteiger partial charge in [-0.05, 0) is 31.6 Å². The van der Waals surface area contributed by atoms with Crippen LogP contribution in [0.1, 0.15) is 40.0 Å².